The van der Waals surface area contributed by atoms with Crippen molar-refractivity contribution < 1.29 is 9.15 Å². The van der Waals surface area contributed by atoms with Crippen molar-refractivity contribution in [1.82, 2.24) is 24.7 Å². The van der Waals surface area contributed by atoms with Crippen LogP contribution in [0.4, 0.5) is 17.5 Å². The first kappa shape index (κ1) is 19.4. The van der Waals surface area contributed by atoms with E-state index in [2.05, 4.69) is 20.3 Å². The van der Waals surface area contributed by atoms with Crippen LogP contribution in [0.5, 0.6) is 0 Å². The molecule has 0 unspecified atom stereocenters. The van der Waals surface area contributed by atoms with Gasteiger partial charge >= 0.3 is 0 Å². The van der Waals surface area contributed by atoms with Crippen LogP contribution < -0.4 is 10.2 Å². The summed E-state index contributed by atoms with van der Waals surface area (Å²) in [7, 11) is 0. The van der Waals surface area contributed by atoms with Gasteiger partial charge in [0.15, 0.2) is 11.4 Å². The molecule has 1 aliphatic rings. The lowest BCUT2D eigenvalue weighted by atomic mass is 10.2. The molecule has 1 saturated heterocycles. The van der Waals surface area contributed by atoms with Crippen molar-refractivity contribution in [1.29, 1.82) is 0 Å². The third kappa shape index (κ3) is 3.90. The van der Waals surface area contributed by atoms with Gasteiger partial charge < -0.3 is 19.4 Å². The van der Waals surface area contributed by atoms with E-state index in [1.807, 2.05) is 59.4 Å². The van der Waals surface area contributed by atoms with Crippen LogP contribution in [0.2, 0.25) is 0 Å². The molecule has 0 spiro atoms. The predicted molar refractivity (Wildman–Crippen MR) is 125 cm³/mol. The molecule has 0 radical (unpaired) electrons. The minimum atomic E-state index is 0.485. The van der Waals surface area contributed by atoms with Crippen LogP contribution in [-0.4, -0.2) is 51.0 Å². The topological polar surface area (TPSA) is 94.1 Å². The smallest absolute Gasteiger partial charge is 0.230 e. The van der Waals surface area contributed by atoms with E-state index in [4.69, 9.17) is 19.1 Å². The number of morpholine rings is 1. The molecule has 1 aromatic carbocycles. The van der Waals surface area contributed by atoms with E-state index in [1.165, 1.54) is 0 Å². The number of hydrogen-bond acceptors (Lipinski definition) is 8. The second-order valence-electron chi connectivity index (χ2n) is 7.67. The van der Waals surface area contributed by atoms with Crippen LogP contribution in [0.15, 0.2) is 77.7 Å². The van der Waals surface area contributed by atoms with Crippen LogP contribution in [0.25, 0.3) is 28.1 Å². The number of nitrogens with zero attached hydrogens (tertiary/aromatic N) is 6. The Balaban J connectivity index is 1.38. The van der Waals surface area contributed by atoms with Gasteiger partial charge in [-0.3, -0.25) is 4.98 Å². The second-order valence-corrected chi connectivity index (χ2v) is 7.67. The van der Waals surface area contributed by atoms with Crippen molar-refractivity contribution in [3.05, 3.63) is 73.3 Å². The van der Waals surface area contributed by atoms with Crippen LogP contribution in [0.1, 0.15) is 0 Å². The van der Waals surface area contributed by atoms with Gasteiger partial charge in [0.2, 0.25) is 5.95 Å². The maximum absolute atomic E-state index is 6.23. The minimum absolute atomic E-state index is 0.485. The lowest BCUT2D eigenvalue weighted by molar-refractivity contribution is 0.122. The molecule has 0 saturated carbocycles. The Hall–Kier alpha value is -4.24. The summed E-state index contributed by atoms with van der Waals surface area (Å²) in [5.41, 5.74) is 4.11. The number of pyridine rings is 1. The lowest BCUT2D eigenvalue weighted by Crippen LogP contribution is -2.37. The number of nitrogens with one attached hydrogen (secondary N) is 1. The fourth-order valence-electron chi connectivity index (χ4n) is 3.86. The van der Waals surface area contributed by atoms with Gasteiger partial charge in [-0.25, -0.2) is 9.67 Å². The number of aromatic nitrogens is 5. The van der Waals surface area contributed by atoms with Crippen molar-refractivity contribution >= 4 is 28.6 Å². The zero-order chi connectivity index (χ0) is 22.0. The van der Waals surface area contributed by atoms with Crippen molar-refractivity contribution in [3.63, 3.8) is 0 Å². The average Bonchev–Trinajstić information content (AvgIpc) is 3.53. The van der Waals surface area contributed by atoms with Crippen molar-refractivity contribution in [2.24, 2.45) is 0 Å². The third-order valence-electron chi connectivity index (χ3n) is 5.49. The van der Waals surface area contributed by atoms with E-state index in [1.54, 1.807) is 18.6 Å². The quantitative estimate of drug-likeness (QED) is 0.438. The molecule has 33 heavy (non-hydrogen) atoms. The van der Waals surface area contributed by atoms with Gasteiger partial charge in [-0.05, 0) is 24.3 Å². The largest absolute Gasteiger partial charge is 0.450 e. The Morgan fingerprint density at radius 3 is 2.58 bits per heavy atom. The number of hydrogen-bond donors (Lipinski definition) is 1. The highest BCUT2D eigenvalue weighted by Crippen LogP contribution is 2.33. The van der Waals surface area contributed by atoms with E-state index in [0.29, 0.717) is 24.7 Å². The van der Waals surface area contributed by atoms with E-state index in [0.717, 1.165) is 47.1 Å². The fraction of sp³-hybridized carbons (Fsp3) is 0.167. The van der Waals surface area contributed by atoms with Crippen LogP contribution in [0, 0.1) is 0 Å². The van der Waals surface area contributed by atoms with E-state index >= 15 is 0 Å². The summed E-state index contributed by atoms with van der Waals surface area (Å²) in [6.07, 6.45) is 7.16. The highest BCUT2D eigenvalue weighted by molar-refractivity contribution is 5.89. The Kier molecular flexibility index (Phi) is 4.93. The third-order valence-corrected chi connectivity index (χ3v) is 5.49. The van der Waals surface area contributed by atoms with E-state index < -0.39 is 0 Å². The second kappa shape index (κ2) is 8.36. The maximum atomic E-state index is 6.23. The van der Waals surface area contributed by atoms with Crippen LogP contribution in [-0.2, 0) is 4.74 Å². The first-order valence-electron chi connectivity index (χ1n) is 10.8. The molecule has 5 aromatic rings. The van der Waals surface area contributed by atoms with Gasteiger partial charge in [-0.1, -0.05) is 18.2 Å². The normalized spacial score (nSPS) is 14.0. The van der Waals surface area contributed by atoms with Gasteiger partial charge in [0.05, 0.1) is 37.0 Å². The van der Waals surface area contributed by atoms with Gasteiger partial charge in [0, 0.05) is 37.1 Å². The molecule has 1 fully saturated rings. The molecule has 0 amide bonds. The molecule has 4 aromatic heterocycles. The molecule has 164 valence electrons. The number of fused-ring (bicyclic) bond motifs is 1. The predicted octanol–water partition coefficient (Wildman–Crippen LogP) is 4.05. The molecule has 9 heteroatoms. The molecular weight excluding hydrogens is 418 g/mol. The lowest BCUT2D eigenvalue weighted by Gasteiger charge is -2.27. The first-order chi connectivity index (χ1) is 16.3. The zero-order valence-corrected chi connectivity index (χ0v) is 17.8. The Labute approximate surface area is 189 Å². The summed E-state index contributed by atoms with van der Waals surface area (Å²) in [6, 6.07) is 15.7. The number of ether oxygens (including phenoxy) is 1. The van der Waals surface area contributed by atoms with Crippen molar-refractivity contribution in [2.75, 3.05) is 36.5 Å². The number of furan rings is 1. The number of anilines is 3. The SMILES string of the molecule is c1ccc(-n2cc(Nc3nc(N4CCOCC4)c4oc(-c5ccncc5)cc4n3)cn2)cc1. The molecule has 6 rings (SSSR count). The summed E-state index contributed by atoms with van der Waals surface area (Å²) >= 11 is 0. The Morgan fingerprint density at radius 2 is 1.76 bits per heavy atom. The monoisotopic (exact) mass is 439 g/mol. The zero-order valence-electron chi connectivity index (χ0n) is 17.8. The Bertz CT molecular complexity index is 1380. The number of para-hydroxylation sites is 1. The fourth-order valence-corrected chi connectivity index (χ4v) is 3.86. The first-order valence-corrected chi connectivity index (χ1v) is 10.8. The van der Waals surface area contributed by atoms with Gasteiger partial charge in [-0.2, -0.15) is 10.1 Å². The molecule has 0 atom stereocenters. The molecule has 0 bridgehead atoms. The number of benzene rings is 1. The molecule has 1 N–H and O–H groups in total. The number of rotatable bonds is 5. The molecular formula is C24H21N7O2. The average molecular weight is 439 g/mol. The van der Waals surface area contributed by atoms with Crippen molar-refractivity contribution in [2.45, 2.75) is 0 Å². The van der Waals surface area contributed by atoms with Crippen molar-refractivity contribution in [3.8, 4) is 17.0 Å². The van der Waals surface area contributed by atoms with Crippen LogP contribution >= 0.6 is 0 Å². The summed E-state index contributed by atoms with van der Waals surface area (Å²) in [6.45, 7) is 2.78. The minimum Gasteiger partial charge on any atom is -0.450 e. The van der Waals surface area contributed by atoms with Gasteiger partial charge in [-0.15, -0.1) is 0 Å². The summed E-state index contributed by atoms with van der Waals surface area (Å²) in [5.74, 6) is 1.96. The maximum Gasteiger partial charge on any atom is 0.230 e. The Morgan fingerprint density at radius 1 is 0.939 bits per heavy atom. The van der Waals surface area contributed by atoms with E-state index in [9.17, 15) is 0 Å². The highest BCUT2D eigenvalue weighted by Gasteiger charge is 2.21. The standard InChI is InChI=1S/C24H21N7O2/c1-2-4-19(5-3-1)31-16-18(15-26-31)27-24-28-20-14-21(17-6-8-25-9-7-17)33-22(20)23(29-24)30-10-12-32-13-11-30/h1-9,14-16H,10-13H2,(H,27,28,29). The summed E-state index contributed by atoms with van der Waals surface area (Å²) < 4.78 is 13.6. The molecule has 5 heterocycles. The van der Waals surface area contributed by atoms with Gasteiger partial charge in [0.1, 0.15) is 11.3 Å². The highest BCUT2D eigenvalue weighted by atomic mass is 16.5. The molecule has 9 nitrogen and oxygen atoms in total. The van der Waals surface area contributed by atoms with Crippen LogP contribution in [0.3, 0.4) is 0 Å². The molecule has 0 aliphatic carbocycles. The summed E-state index contributed by atoms with van der Waals surface area (Å²) in [4.78, 5) is 15.8. The summed E-state index contributed by atoms with van der Waals surface area (Å²) in [5, 5.41) is 7.75. The van der Waals surface area contributed by atoms with E-state index in [-0.39, 0.29) is 0 Å². The van der Waals surface area contributed by atoms with Gasteiger partial charge in [0.25, 0.3) is 0 Å². The molecule has 1 aliphatic heterocycles.